The predicted octanol–water partition coefficient (Wildman–Crippen LogP) is 3.79. The zero-order chi connectivity index (χ0) is 17.2. The third-order valence-electron chi connectivity index (χ3n) is 4.89. The van der Waals surface area contributed by atoms with Gasteiger partial charge in [-0.25, -0.2) is 4.98 Å². The van der Waals surface area contributed by atoms with Crippen LogP contribution >= 0.6 is 24.0 Å². The van der Waals surface area contributed by atoms with Crippen LogP contribution in [0, 0.1) is 5.92 Å². The molecule has 25 heavy (non-hydrogen) atoms. The quantitative estimate of drug-likeness (QED) is 0.370. The normalized spacial score (nSPS) is 15.0. The van der Waals surface area contributed by atoms with Crippen molar-refractivity contribution >= 4 is 35.8 Å². The van der Waals surface area contributed by atoms with Crippen molar-refractivity contribution in [2.75, 3.05) is 31.6 Å². The number of guanidine groups is 1. The molecule has 0 unspecified atom stereocenters. The van der Waals surface area contributed by atoms with Crippen LogP contribution < -0.4 is 15.5 Å². The molecule has 1 aromatic heterocycles. The van der Waals surface area contributed by atoms with Gasteiger partial charge in [-0.05, 0) is 42.9 Å². The molecule has 1 saturated heterocycles. The van der Waals surface area contributed by atoms with E-state index < -0.39 is 0 Å². The van der Waals surface area contributed by atoms with Crippen molar-refractivity contribution in [1.29, 1.82) is 0 Å². The molecule has 0 radical (unpaired) electrons. The number of hydrogen-bond donors (Lipinski definition) is 2. The average molecular weight is 459 g/mol. The van der Waals surface area contributed by atoms with E-state index in [1.165, 1.54) is 37.7 Å². The summed E-state index contributed by atoms with van der Waals surface area (Å²) in [4.78, 5) is 11.3. The first kappa shape index (κ1) is 22.0. The summed E-state index contributed by atoms with van der Waals surface area (Å²) in [7, 11) is 1.83. The Bertz CT molecular complexity index is 510. The molecule has 1 aromatic rings. The standard InChI is InChI=1S/C19H33N5.HI/c1-4-16(5-2)14-22-19(20-3)23-15-17-9-10-21-18(13-17)24-11-7-6-8-12-24;/h9-10,13,16H,4-8,11-12,14-15H2,1-3H3,(H2,20,22,23);1H. The lowest BCUT2D eigenvalue weighted by Gasteiger charge is -2.28. The smallest absolute Gasteiger partial charge is 0.191 e. The van der Waals surface area contributed by atoms with Gasteiger partial charge >= 0.3 is 0 Å². The summed E-state index contributed by atoms with van der Waals surface area (Å²) in [6.45, 7) is 8.48. The van der Waals surface area contributed by atoms with E-state index in [4.69, 9.17) is 0 Å². The maximum absolute atomic E-state index is 4.54. The Morgan fingerprint density at radius 2 is 1.92 bits per heavy atom. The summed E-state index contributed by atoms with van der Waals surface area (Å²) >= 11 is 0. The molecular weight excluding hydrogens is 425 g/mol. The third kappa shape index (κ3) is 7.38. The van der Waals surface area contributed by atoms with Gasteiger partial charge in [-0.1, -0.05) is 26.7 Å². The first-order valence-electron chi connectivity index (χ1n) is 9.41. The SMILES string of the molecule is CCC(CC)CNC(=NC)NCc1ccnc(N2CCCCC2)c1.I. The highest BCUT2D eigenvalue weighted by Gasteiger charge is 2.12. The Labute approximate surface area is 170 Å². The largest absolute Gasteiger partial charge is 0.357 e. The van der Waals surface area contributed by atoms with Crippen LogP contribution in [0.1, 0.15) is 51.5 Å². The number of pyridine rings is 1. The van der Waals surface area contributed by atoms with Crippen molar-refractivity contribution in [2.45, 2.75) is 52.5 Å². The van der Waals surface area contributed by atoms with Crippen molar-refractivity contribution in [1.82, 2.24) is 15.6 Å². The molecule has 2 N–H and O–H groups in total. The highest BCUT2D eigenvalue weighted by molar-refractivity contribution is 14.0. The van der Waals surface area contributed by atoms with Crippen LogP contribution in [-0.2, 0) is 6.54 Å². The Morgan fingerprint density at radius 3 is 2.56 bits per heavy atom. The Morgan fingerprint density at radius 1 is 1.20 bits per heavy atom. The molecule has 1 fully saturated rings. The van der Waals surface area contributed by atoms with Crippen LogP contribution in [0.3, 0.4) is 0 Å². The van der Waals surface area contributed by atoms with Crippen molar-refractivity contribution < 1.29 is 0 Å². The molecule has 2 rings (SSSR count). The zero-order valence-corrected chi connectivity index (χ0v) is 18.3. The molecule has 0 atom stereocenters. The monoisotopic (exact) mass is 459 g/mol. The molecule has 142 valence electrons. The van der Waals surface area contributed by atoms with Gasteiger partial charge in [-0.2, -0.15) is 0 Å². The van der Waals surface area contributed by atoms with Crippen molar-refractivity contribution in [2.24, 2.45) is 10.9 Å². The molecule has 0 aliphatic carbocycles. The van der Waals surface area contributed by atoms with Gasteiger partial charge in [0.15, 0.2) is 5.96 Å². The second kappa shape index (κ2) is 12.3. The van der Waals surface area contributed by atoms with Crippen LogP contribution in [0.5, 0.6) is 0 Å². The van der Waals surface area contributed by atoms with Gasteiger partial charge in [0.2, 0.25) is 0 Å². The maximum Gasteiger partial charge on any atom is 0.191 e. The van der Waals surface area contributed by atoms with Gasteiger partial charge in [0.1, 0.15) is 5.82 Å². The lowest BCUT2D eigenvalue weighted by Crippen LogP contribution is -2.39. The van der Waals surface area contributed by atoms with E-state index in [9.17, 15) is 0 Å². The van der Waals surface area contributed by atoms with Crippen LogP contribution in [0.2, 0.25) is 0 Å². The van der Waals surface area contributed by atoms with Crippen molar-refractivity contribution in [3.05, 3.63) is 23.9 Å². The number of hydrogen-bond acceptors (Lipinski definition) is 3. The number of halogens is 1. The Balaban J connectivity index is 0.00000312. The van der Waals surface area contributed by atoms with Gasteiger partial charge in [0.05, 0.1) is 0 Å². The second-order valence-electron chi connectivity index (χ2n) is 6.56. The topological polar surface area (TPSA) is 52.6 Å². The summed E-state index contributed by atoms with van der Waals surface area (Å²) in [5, 5.41) is 6.84. The molecule has 2 heterocycles. The molecule has 0 amide bonds. The molecule has 1 aliphatic rings. The van der Waals surface area contributed by atoms with Crippen LogP contribution in [-0.4, -0.2) is 37.6 Å². The van der Waals surface area contributed by atoms with Crippen molar-refractivity contribution in [3.8, 4) is 0 Å². The molecule has 1 aliphatic heterocycles. The molecule has 6 heteroatoms. The zero-order valence-electron chi connectivity index (χ0n) is 15.9. The van der Waals surface area contributed by atoms with Crippen LogP contribution in [0.25, 0.3) is 0 Å². The maximum atomic E-state index is 4.54. The number of anilines is 1. The van der Waals surface area contributed by atoms with Gasteiger partial charge in [-0.15, -0.1) is 24.0 Å². The molecule has 0 bridgehead atoms. The third-order valence-corrected chi connectivity index (χ3v) is 4.89. The minimum Gasteiger partial charge on any atom is -0.357 e. The minimum absolute atomic E-state index is 0. The number of aliphatic imine (C=N–C) groups is 1. The fourth-order valence-electron chi connectivity index (χ4n) is 3.09. The van der Waals surface area contributed by atoms with Gasteiger partial charge in [0, 0.05) is 39.4 Å². The van der Waals surface area contributed by atoms with E-state index in [0.717, 1.165) is 38.0 Å². The number of piperidine rings is 1. The number of rotatable bonds is 7. The summed E-state index contributed by atoms with van der Waals surface area (Å²) in [5.41, 5.74) is 1.25. The minimum atomic E-state index is 0. The molecule has 5 nitrogen and oxygen atoms in total. The summed E-state index contributed by atoms with van der Waals surface area (Å²) < 4.78 is 0. The molecule has 0 aromatic carbocycles. The second-order valence-corrected chi connectivity index (χ2v) is 6.56. The van der Waals surface area contributed by atoms with Gasteiger partial charge < -0.3 is 15.5 Å². The first-order chi connectivity index (χ1) is 11.8. The number of nitrogens with zero attached hydrogens (tertiary/aromatic N) is 3. The fraction of sp³-hybridized carbons (Fsp3) is 0.684. The highest BCUT2D eigenvalue weighted by atomic mass is 127. The van der Waals surface area contributed by atoms with E-state index in [-0.39, 0.29) is 24.0 Å². The Kier molecular flexibility index (Phi) is 10.8. The van der Waals surface area contributed by atoms with Crippen molar-refractivity contribution in [3.63, 3.8) is 0 Å². The number of nitrogens with one attached hydrogen (secondary N) is 2. The Hall–Kier alpha value is -1.05. The van der Waals surface area contributed by atoms with Crippen LogP contribution in [0.4, 0.5) is 5.82 Å². The molecule has 0 saturated carbocycles. The van der Waals surface area contributed by atoms with E-state index in [1.54, 1.807) is 0 Å². The van der Waals surface area contributed by atoms with Crippen LogP contribution in [0.15, 0.2) is 23.3 Å². The summed E-state index contributed by atoms with van der Waals surface area (Å²) in [5.74, 6) is 2.68. The van der Waals surface area contributed by atoms with Gasteiger partial charge in [-0.3, -0.25) is 4.99 Å². The first-order valence-corrected chi connectivity index (χ1v) is 9.41. The molecular formula is C19H34IN5. The van der Waals surface area contributed by atoms with E-state index in [1.807, 2.05) is 13.2 Å². The van der Waals surface area contributed by atoms with Gasteiger partial charge in [0.25, 0.3) is 0 Å². The summed E-state index contributed by atoms with van der Waals surface area (Å²) in [6.07, 6.45) is 8.21. The predicted molar refractivity (Wildman–Crippen MR) is 118 cm³/mol. The van der Waals surface area contributed by atoms with E-state index in [2.05, 4.69) is 51.5 Å². The van der Waals surface area contributed by atoms with E-state index in [0.29, 0.717) is 5.92 Å². The number of aromatic nitrogens is 1. The lowest BCUT2D eigenvalue weighted by atomic mass is 10.0. The highest BCUT2D eigenvalue weighted by Crippen LogP contribution is 2.18. The fourth-order valence-corrected chi connectivity index (χ4v) is 3.09. The lowest BCUT2D eigenvalue weighted by molar-refractivity contribution is 0.481. The van der Waals surface area contributed by atoms with E-state index >= 15 is 0 Å². The molecule has 0 spiro atoms. The summed E-state index contributed by atoms with van der Waals surface area (Å²) in [6, 6.07) is 4.28. The average Bonchev–Trinajstić information content (AvgIpc) is 2.66.